The van der Waals surface area contributed by atoms with Gasteiger partial charge in [0.05, 0.1) is 22.6 Å². The number of carbonyl (C=O) groups is 2. The van der Waals surface area contributed by atoms with Crippen LogP contribution in [0.15, 0.2) is 18.2 Å². The van der Waals surface area contributed by atoms with Gasteiger partial charge in [0, 0.05) is 25.4 Å². The third kappa shape index (κ3) is 5.18. The highest BCUT2D eigenvalue weighted by atomic mass is 35.5. The number of ketones is 2. The number of benzene rings is 1. The van der Waals surface area contributed by atoms with Gasteiger partial charge in [-0.05, 0) is 37.1 Å². The molecule has 3 rings (SSSR count). The maximum absolute atomic E-state index is 13.0. The molecule has 0 spiro atoms. The Balaban J connectivity index is 0.00000225. The zero-order valence-electron chi connectivity index (χ0n) is 14.0. The number of piperidine rings is 1. The van der Waals surface area contributed by atoms with Gasteiger partial charge in [0.2, 0.25) is 0 Å². The lowest BCUT2D eigenvalue weighted by Crippen LogP contribution is -2.55. The number of nitrogens with zero attached hydrogens (tertiary/aromatic N) is 1. The van der Waals surface area contributed by atoms with E-state index in [4.69, 9.17) is 23.2 Å². The van der Waals surface area contributed by atoms with Gasteiger partial charge in [0.1, 0.15) is 5.78 Å². The van der Waals surface area contributed by atoms with E-state index < -0.39 is 0 Å². The van der Waals surface area contributed by atoms with Gasteiger partial charge in [-0.15, -0.1) is 12.4 Å². The van der Waals surface area contributed by atoms with Gasteiger partial charge in [-0.25, -0.2) is 0 Å². The Kier molecular flexibility index (Phi) is 7.71. The van der Waals surface area contributed by atoms with Gasteiger partial charge in [-0.2, -0.15) is 0 Å². The minimum Gasteiger partial charge on any atom is -0.312 e. The van der Waals surface area contributed by atoms with Crippen LogP contribution in [0.5, 0.6) is 0 Å². The van der Waals surface area contributed by atoms with Crippen molar-refractivity contribution in [2.24, 2.45) is 0 Å². The standard InChI is InChI=1S/C18H22Cl2N2O2.ClH/c19-14-5-4-12(9-15(14)20)10-17(24)18(16-3-1-2-7-21-16)22-8-6-13(23)11-22;/h4-5,9,16,18,21H,1-3,6-8,10-11H2;1H. The van der Waals surface area contributed by atoms with E-state index >= 15 is 0 Å². The lowest BCUT2D eigenvalue weighted by Gasteiger charge is -2.36. The van der Waals surface area contributed by atoms with Crippen LogP contribution in [0.4, 0.5) is 0 Å². The molecule has 1 aromatic rings. The highest BCUT2D eigenvalue weighted by molar-refractivity contribution is 6.42. The molecule has 0 aliphatic carbocycles. The molecule has 2 fully saturated rings. The summed E-state index contributed by atoms with van der Waals surface area (Å²) in [6.07, 6.45) is 4.09. The summed E-state index contributed by atoms with van der Waals surface area (Å²) >= 11 is 12.0. The largest absolute Gasteiger partial charge is 0.312 e. The van der Waals surface area contributed by atoms with E-state index in [0.29, 0.717) is 36.0 Å². The van der Waals surface area contributed by atoms with Crippen molar-refractivity contribution < 1.29 is 9.59 Å². The molecule has 2 atom stereocenters. The molecule has 25 heavy (non-hydrogen) atoms. The topological polar surface area (TPSA) is 49.4 Å². The minimum atomic E-state index is -0.244. The Morgan fingerprint density at radius 2 is 2.08 bits per heavy atom. The number of halogens is 3. The fourth-order valence-corrected chi connectivity index (χ4v) is 4.00. The van der Waals surface area contributed by atoms with Crippen LogP contribution in [0.2, 0.25) is 10.0 Å². The lowest BCUT2D eigenvalue weighted by molar-refractivity contribution is -0.125. The molecule has 0 bridgehead atoms. The first-order valence-electron chi connectivity index (χ1n) is 8.50. The van der Waals surface area contributed by atoms with Crippen LogP contribution in [0.25, 0.3) is 0 Å². The van der Waals surface area contributed by atoms with Crippen LogP contribution >= 0.6 is 35.6 Å². The van der Waals surface area contributed by atoms with Crippen LogP contribution in [0.1, 0.15) is 31.2 Å². The maximum atomic E-state index is 13.0. The molecule has 2 heterocycles. The second-order valence-corrected chi connectivity index (χ2v) is 7.47. The number of hydrogen-bond donors (Lipinski definition) is 1. The fraction of sp³-hybridized carbons (Fsp3) is 0.556. The normalized spacial score (nSPS) is 22.5. The van der Waals surface area contributed by atoms with Crippen molar-refractivity contribution in [3.63, 3.8) is 0 Å². The van der Waals surface area contributed by atoms with Crippen molar-refractivity contribution in [1.29, 1.82) is 0 Å². The smallest absolute Gasteiger partial charge is 0.155 e. The zero-order valence-corrected chi connectivity index (χ0v) is 16.3. The van der Waals surface area contributed by atoms with Gasteiger partial charge in [0.25, 0.3) is 0 Å². The average molecular weight is 406 g/mol. The Hall–Kier alpha value is -0.650. The number of Topliss-reactive ketones (excluding diaryl/α,β-unsaturated/α-hetero) is 2. The second kappa shape index (κ2) is 9.33. The maximum Gasteiger partial charge on any atom is 0.155 e. The van der Waals surface area contributed by atoms with Gasteiger partial charge in [-0.1, -0.05) is 35.7 Å². The summed E-state index contributed by atoms with van der Waals surface area (Å²) in [5, 5.41) is 4.43. The van der Waals surface area contributed by atoms with E-state index in [9.17, 15) is 9.59 Å². The van der Waals surface area contributed by atoms with Crippen molar-refractivity contribution in [3.8, 4) is 0 Å². The van der Waals surface area contributed by atoms with Crippen LogP contribution < -0.4 is 5.32 Å². The molecular weight excluding hydrogens is 383 g/mol. The lowest BCUT2D eigenvalue weighted by atomic mass is 9.91. The predicted molar refractivity (Wildman–Crippen MR) is 103 cm³/mol. The summed E-state index contributed by atoms with van der Waals surface area (Å²) in [5.74, 6) is 0.362. The van der Waals surface area contributed by atoms with Gasteiger partial charge in [0.15, 0.2) is 5.78 Å². The number of nitrogens with one attached hydrogen (secondary N) is 1. The van der Waals surface area contributed by atoms with Crippen LogP contribution in [-0.2, 0) is 16.0 Å². The third-order valence-corrected chi connectivity index (χ3v) is 5.61. The zero-order chi connectivity index (χ0) is 17.1. The monoisotopic (exact) mass is 404 g/mol. The number of carbonyl (C=O) groups excluding carboxylic acids is 2. The number of rotatable bonds is 5. The van der Waals surface area contributed by atoms with Crippen molar-refractivity contribution >= 4 is 47.2 Å². The quantitative estimate of drug-likeness (QED) is 0.816. The van der Waals surface area contributed by atoms with Gasteiger partial charge >= 0.3 is 0 Å². The van der Waals surface area contributed by atoms with Crippen LogP contribution in [0.3, 0.4) is 0 Å². The Morgan fingerprint density at radius 1 is 1.28 bits per heavy atom. The van der Waals surface area contributed by atoms with Crippen molar-refractivity contribution in [2.75, 3.05) is 19.6 Å². The van der Waals surface area contributed by atoms with E-state index in [2.05, 4.69) is 5.32 Å². The van der Waals surface area contributed by atoms with Crippen LogP contribution in [-0.4, -0.2) is 48.2 Å². The molecule has 1 N–H and O–H groups in total. The summed E-state index contributed by atoms with van der Waals surface area (Å²) in [4.78, 5) is 26.8. The first kappa shape index (κ1) is 20.7. The molecule has 0 saturated carbocycles. The minimum absolute atomic E-state index is 0. The highest BCUT2D eigenvalue weighted by Gasteiger charge is 2.37. The third-order valence-electron chi connectivity index (χ3n) is 4.87. The Labute approximate surface area is 164 Å². The van der Waals surface area contributed by atoms with Crippen molar-refractivity contribution in [3.05, 3.63) is 33.8 Å². The molecule has 2 saturated heterocycles. The molecule has 0 aromatic heterocycles. The predicted octanol–water partition coefficient (Wildman–Crippen LogP) is 3.31. The summed E-state index contributed by atoms with van der Waals surface area (Å²) in [6.45, 7) is 1.99. The molecule has 2 aliphatic heterocycles. The average Bonchev–Trinajstić information content (AvgIpc) is 2.98. The van der Waals surface area contributed by atoms with Gasteiger partial charge in [-0.3, -0.25) is 14.5 Å². The molecule has 4 nitrogen and oxygen atoms in total. The number of hydrogen-bond acceptors (Lipinski definition) is 4. The van der Waals surface area contributed by atoms with Crippen molar-refractivity contribution in [1.82, 2.24) is 10.2 Å². The SMILES string of the molecule is Cl.O=C1CCN(C(C(=O)Cc2ccc(Cl)c(Cl)c2)C2CCCCN2)C1. The van der Waals surface area contributed by atoms with Gasteiger partial charge < -0.3 is 5.32 Å². The molecule has 0 amide bonds. The number of likely N-dealkylation sites (tertiary alicyclic amines) is 1. The molecule has 2 unspecified atom stereocenters. The summed E-state index contributed by atoms with van der Waals surface area (Å²) in [6, 6.07) is 5.19. The first-order chi connectivity index (χ1) is 11.5. The van der Waals surface area contributed by atoms with Crippen molar-refractivity contribution in [2.45, 2.75) is 44.2 Å². The molecule has 1 aromatic carbocycles. The summed E-state index contributed by atoms with van der Waals surface area (Å²) < 4.78 is 0. The Bertz CT molecular complexity index is 633. The highest BCUT2D eigenvalue weighted by Crippen LogP contribution is 2.25. The van der Waals surface area contributed by atoms with E-state index in [0.717, 1.165) is 31.4 Å². The molecule has 138 valence electrons. The van der Waals surface area contributed by atoms with Crippen LogP contribution in [0, 0.1) is 0 Å². The molecule has 2 aliphatic rings. The Morgan fingerprint density at radius 3 is 2.68 bits per heavy atom. The van der Waals surface area contributed by atoms with E-state index in [-0.39, 0.29) is 36.1 Å². The summed E-state index contributed by atoms with van der Waals surface area (Å²) in [7, 11) is 0. The van der Waals surface area contributed by atoms with E-state index in [1.165, 1.54) is 0 Å². The molecular formula is C18H23Cl3N2O2. The van der Waals surface area contributed by atoms with E-state index in [1.807, 2.05) is 11.0 Å². The molecule has 0 radical (unpaired) electrons. The van der Waals surface area contributed by atoms with E-state index in [1.54, 1.807) is 12.1 Å². The fourth-order valence-electron chi connectivity index (χ4n) is 3.68. The molecule has 7 heteroatoms. The first-order valence-corrected chi connectivity index (χ1v) is 9.26. The summed E-state index contributed by atoms with van der Waals surface area (Å²) in [5.41, 5.74) is 0.862. The second-order valence-electron chi connectivity index (χ2n) is 6.65.